The van der Waals surface area contributed by atoms with E-state index >= 15 is 0 Å². The Morgan fingerprint density at radius 2 is 1.77 bits per heavy atom. The lowest BCUT2D eigenvalue weighted by atomic mass is 10.1. The molecule has 3 rings (SSSR count). The first-order chi connectivity index (χ1) is 14.2. The molecule has 30 heavy (non-hydrogen) atoms. The van der Waals surface area contributed by atoms with Crippen molar-refractivity contribution in [1.29, 1.82) is 0 Å². The van der Waals surface area contributed by atoms with Crippen LogP contribution in [0.15, 0.2) is 24.3 Å². The van der Waals surface area contributed by atoms with E-state index in [1.165, 1.54) is 32.2 Å². The fraction of sp³-hybridized carbons (Fsp3) is 0.222. The Bertz CT molecular complexity index is 1160. The van der Waals surface area contributed by atoms with E-state index in [1.54, 1.807) is 0 Å². The van der Waals surface area contributed by atoms with Gasteiger partial charge in [0.25, 0.3) is 18.1 Å². The predicted molar refractivity (Wildman–Crippen MR) is 97.6 cm³/mol. The third-order valence-electron chi connectivity index (χ3n) is 3.99. The normalized spacial score (nSPS) is 10.9. The van der Waals surface area contributed by atoms with Gasteiger partial charge in [0.2, 0.25) is 5.82 Å². The molecule has 0 bridgehead atoms. The van der Waals surface area contributed by atoms with Crippen LogP contribution in [0.5, 0.6) is 0 Å². The van der Waals surface area contributed by atoms with E-state index in [1.807, 2.05) is 0 Å². The molecule has 2 heterocycles. The number of aryl methyl sites for hydroxylation is 1. The molecule has 0 aliphatic heterocycles. The number of hydrogen-bond donors (Lipinski definition) is 1. The van der Waals surface area contributed by atoms with Crippen molar-refractivity contribution < 1.29 is 32.6 Å². The summed E-state index contributed by atoms with van der Waals surface area (Å²) < 4.78 is 36.6. The number of halogens is 2. The summed E-state index contributed by atoms with van der Waals surface area (Å²) in [6.45, 7) is 1.50. The van der Waals surface area contributed by atoms with Gasteiger partial charge in [-0.15, -0.1) is 5.10 Å². The van der Waals surface area contributed by atoms with Crippen LogP contribution < -0.4 is 5.32 Å². The fourth-order valence-electron chi connectivity index (χ4n) is 2.62. The van der Waals surface area contributed by atoms with E-state index in [2.05, 4.69) is 29.9 Å². The molecule has 0 saturated heterocycles. The van der Waals surface area contributed by atoms with E-state index in [0.717, 1.165) is 17.7 Å². The zero-order valence-corrected chi connectivity index (χ0v) is 16.0. The minimum atomic E-state index is -2.87. The van der Waals surface area contributed by atoms with Crippen LogP contribution >= 0.6 is 0 Å². The summed E-state index contributed by atoms with van der Waals surface area (Å²) in [6.07, 6.45) is -2.87. The summed E-state index contributed by atoms with van der Waals surface area (Å²) in [6, 6.07) is 4.92. The van der Waals surface area contributed by atoms with Crippen LogP contribution in [-0.2, 0) is 9.47 Å². The first-order valence-electron chi connectivity index (χ1n) is 8.39. The van der Waals surface area contributed by atoms with Crippen LogP contribution in [0.3, 0.4) is 0 Å². The van der Waals surface area contributed by atoms with Gasteiger partial charge in [-0.1, -0.05) is 0 Å². The summed E-state index contributed by atoms with van der Waals surface area (Å²) in [4.78, 5) is 44.2. The second kappa shape index (κ2) is 8.19. The number of esters is 2. The Balaban J connectivity index is 2.02. The molecule has 0 spiro atoms. The third-order valence-corrected chi connectivity index (χ3v) is 3.99. The number of fused-ring (bicyclic) bond motifs is 1. The average Bonchev–Trinajstić information content (AvgIpc) is 3.15. The molecule has 3 aromatic rings. The topological polar surface area (TPSA) is 125 Å². The summed E-state index contributed by atoms with van der Waals surface area (Å²) in [5.74, 6) is -3.04. The van der Waals surface area contributed by atoms with Crippen LogP contribution in [0.2, 0.25) is 0 Å². The zero-order valence-electron chi connectivity index (χ0n) is 16.0. The second-order valence-corrected chi connectivity index (χ2v) is 5.97. The number of rotatable bonds is 5. The molecule has 156 valence electrons. The van der Waals surface area contributed by atoms with Gasteiger partial charge in [-0.3, -0.25) is 4.79 Å². The molecule has 10 nitrogen and oxygen atoms in total. The van der Waals surface area contributed by atoms with Crippen LogP contribution in [-0.4, -0.2) is 51.6 Å². The maximum Gasteiger partial charge on any atom is 0.339 e. The Morgan fingerprint density at radius 1 is 1.07 bits per heavy atom. The molecule has 1 aromatic carbocycles. The number of carbonyl (C=O) groups excluding carboxylic acids is 3. The van der Waals surface area contributed by atoms with Crippen LogP contribution in [0.4, 0.5) is 14.5 Å². The molecular formula is C18H15F2N5O5. The highest BCUT2D eigenvalue weighted by atomic mass is 19.3. The molecule has 2 aromatic heterocycles. The summed E-state index contributed by atoms with van der Waals surface area (Å²) in [5, 5.41) is 6.17. The van der Waals surface area contributed by atoms with Crippen molar-refractivity contribution in [2.24, 2.45) is 0 Å². The number of hydrogen-bond acceptors (Lipinski definition) is 8. The number of nitrogens with zero attached hydrogens (tertiary/aromatic N) is 4. The minimum absolute atomic E-state index is 0.0514. The van der Waals surface area contributed by atoms with Gasteiger partial charge in [0.05, 0.1) is 31.0 Å². The second-order valence-electron chi connectivity index (χ2n) is 5.97. The Labute approximate surface area is 167 Å². The number of nitrogens with one attached hydrogen (secondary N) is 1. The highest BCUT2D eigenvalue weighted by Crippen LogP contribution is 2.22. The van der Waals surface area contributed by atoms with Crippen molar-refractivity contribution >= 4 is 29.3 Å². The summed E-state index contributed by atoms with van der Waals surface area (Å²) in [5.41, 5.74) is -0.278. The van der Waals surface area contributed by atoms with E-state index < -0.39 is 35.8 Å². The molecule has 1 amide bonds. The van der Waals surface area contributed by atoms with E-state index in [4.69, 9.17) is 0 Å². The van der Waals surface area contributed by atoms with Gasteiger partial charge >= 0.3 is 11.9 Å². The number of amides is 1. The van der Waals surface area contributed by atoms with Crippen molar-refractivity contribution in [2.75, 3.05) is 19.5 Å². The van der Waals surface area contributed by atoms with Crippen molar-refractivity contribution in [1.82, 2.24) is 19.6 Å². The number of carbonyl (C=O) groups is 3. The van der Waals surface area contributed by atoms with Gasteiger partial charge in [0, 0.05) is 5.69 Å². The van der Waals surface area contributed by atoms with Crippen molar-refractivity contribution in [3.8, 4) is 0 Å². The van der Waals surface area contributed by atoms with Crippen molar-refractivity contribution in [3.63, 3.8) is 0 Å². The Kier molecular flexibility index (Phi) is 5.67. The number of benzene rings is 1. The van der Waals surface area contributed by atoms with Crippen molar-refractivity contribution in [3.05, 3.63) is 52.6 Å². The fourth-order valence-corrected chi connectivity index (χ4v) is 2.62. The Hall–Kier alpha value is -3.96. The first-order valence-corrected chi connectivity index (χ1v) is 8.39. The molecule has 0 unspecified atom stereocenters. The number of anilines is 1. The molecule has 12 heteroatoms. The van der Waals surface area contributed by atoms with Gasteiger partial charge in [0.15, 0.2) is 0 Å². The van der Waals surface area contributed by atoms with E-state index in [-0.39, 0.29) is 28.3 Å². The van der Waals surface area contributed by atoms with Gasteiger partial charge in [-0.05, 0) is 31.2 Å². The first kappa shape index (κ1) is 20.8. The molecule has 1 N–H and O–H groups in total. The molecule has 0 aliphatic carbocycles. The van der Waals surface area contributed by atoms with Crippen LogP contribution in [0, 0.1) is 6.92 Å². The number of aromatic nitrogens is 4. The van der Waals surface area contributed by atoms with Crippen LogP contribution in [0.25, 0.3) is 5.78 Å². The standard InChI is InChI=1S/C18H15F2N5O5/c1-8-6-12(13(19)20)25-18(21-8)23-14(24-25)15(26)22-11-7-9(16(27)29-2)4-5-10(11)17(28)30-3/h4-7,13H,1-3H3,(H,22,26). The number of methoxy groups -OCH3 is 2. The van der Waals surface area contributed by atoms with Gasteiger partial charge in [-0.25, -0.2) is 23.4 Å². The third kappa shape index (κ3) is 3.92. The SMILES string of the molecule is COC(=O)c1ccc(C(=O)OC)c(NC(=O)c2nc3nc(C)cc(C(F)F)n3n2)c1. The predicted octanol–water partition coefficient (Wildman–Crippen LogP) is 2.20. The highest BCUT2D eigenvalue weighted by molar-refractivity contribution is 6.07. The number of alkyl halides is 2. The lowest BCUT2D eigenvalue weighted by molar-refractivity contribution is 0.0587. The zero-order chi connectivity index (χ0) is 22.0. The maximum absolute atomic E-state index is 13.3. The van der Waals surface area contributed by atoms with E-state index in [9.17, 15) is 23.2 Å². The van der Waals surface area contributed by atoms with E-state index in [0.29, 0.717) is 0 Å². The molecule has 0 atom stereocenters. The molecule has 0 aliphatic rings. The van der Waals surface area contributed by atoms with Gasteiger partial charge < -0.3 is 14.8 Å². The summed E-state index contributed by atoms with van der Waals surface area (Å²) >= 11 is 0. The summed E-state index contributed by atoms with van der Waals surface area (Å²) in [7, 11) is 2.32. The smallest absolute Gasteiger partial charge is 0.339 e. The Morgan fingerprint density at radius 3 is 2.40 bits per heavy atom. The largest absolute Gasteiger partial charge is 0.465 e. The molecule has 0 saturated carbocycles. The van der Waals surface area contributed by atoms with Crippen LogP contribution in [0.1, 0.15) is 49.1 Å². The maximum atomic E-state index is 13.3. The number of ether oxygens (including phenoxy) is 2. The lowest BCUT2D eigenvalue weighted by Gasteiger charge is -2.10. The van der Waals surface area contributed by atoms with Gasteiger partial charge in [-0.2, -0.15) is 9.50 Å². The minimum Gasteiger partial charge on any atom is -0.465 e. The van der Waals surface area contributed by atoms with Gasteiger partial charge in [0.1, 0.15) is 5.69 Å². The average molecular weight is 419 g/mol. The molecule has 0 fully saturated rings. The quantitative estimate of drug-likeness (QED) is 0.624. The highest BCUT2D eigenvalue weighted by Gasteiger charge is 2.22. The van der Waals surface area contributed by atoms with Crippen molar-refractivity contribution in [2.45, 2.75) is 13.3 Å². The lowest BCUT2D eigenvalue weighted by Crippen LogP contribution is -2.18. The monoisotopic (exact) mass is 419 g/mol. The molecule has 0 radical (unpaired) electrons. The molecular weight excluding hydrogens is 404 g/mol.